The van der Waals surface area contributed by atoms with Gasteiger partial charge < -0.3 is 5.32 Å². The van der Waals surface area contributed by atoms with Gasteiger partial charge in [-0.2, -0.15) is 5.10 Å². The molecule has 0 fully saturated rings. The van der Waals surface area contributed by atoms with Crippen LogP contribution in [0.5, 0.6) is 0 Å². The minimum Gasteiger partial charge on any atom is -0.326 e. The molecule has 0 saturated carbocycles. The van der Waals surface area contributed by atoms with E-state index in [2.05, 4.69) is 15.4 Å². The fourth-order valence-electron chi connectivity index (χ4n) is 2.96. The predicted molar refractivity (Wildman–Crippen MR) is 108 cm³/mol. The zero-order valence-corrected chi connectivity index (χ0v) is 15.4. The van der Waals surface area contributed by atoms with Crippen LogP contribution in [0, 0.1) is 0 Å². The molecule has 0 radical (unpaired) electrons. The van der Waals surface area contributed by atoms with Gasteiger partial charge >= 0.3 is 0 Å². The normalized spacial score (nSPS) is 10.9. The summed E-state index contributed by atoms with van der Waals surface area (Å²) in [4.78, 5) is 16.9. The number of nitrogens with zero attached hydrogens (tertiary/aromatic N) is 3. The highest BCUT2D eigenvalue weighted by Crippen LogP contribution is 2.24. The highest BCUT2D eigenvalue weighted by atomic mass is 35.5. The van der Waals surface area contributed by atoms with Crippen LogP contribution >= 0.6 is 11.6 Å². The van der Waals surface area contributed by atoms with Gasteiger partial charge in [0.25, 0.3) is 0 Å². The third-order valence-electron chi connectivity index (χ3n) is 4.31. The molecule has 2 aromatic carbocycles. The van der Waals surface area contributed by atoms with Crippen LogP contribution in [-0.4, -0.2) is 20.7 Å². The van der Waals surface area contributed by atoms with Crippen molar-refractivity contribution in [2.24, 2.45) is 7.05 Å². The average Bonchev–Trinajstić information content (AvgIpc) is 3.09. The van der Waals surface area contributed by atoms with Gasteiger partial charge in [0.1, 0.15) is 0 Å². The maximum Gasteiger partial charge on any atom is 0.228 e. The standard InChI is InChI=1S/C21H17ClN4O/c1-26-13-17(12-24-26)16-8-15-9-18(6-7-20(15)23-11-16)25-21(27)10-14-4-2-3-5-19(14)22/h2-9,11-13H,10H2,1H3,(H,25,27). The van der Waals surface area contributed by atoms with Crippen LogP contribution in [0.4, 0.5) is 5.69 Å². The smallest absolute Gasteiger partial charge is 0.228 e. The Morgan fingerprint density at radius 2 is 1.96 bits per heavy atom. The number of amides is 1. The minimum atomic E-state index is -0.112. The fourth-order valence-corrected chi connectivity index (χ4v) is 3.16. The summed E-state index contributed by atoms with van der Waals surface area (Å²) >= 11 is 6.13. The first-order valence-corrected chi connectivity index (χ1v) is 8.88. The number of carbonyl (C=O) groups excluding carboxylic acids is 1. The summed E-state index contributed by atoms with van der Waals surface area (Å²) in [7, 11) is 1.88. The molecule has 134 valence electrons. The van der Waals surface area contributed by atoms with E-state index in [4.69, 9.17) is 11.6 Å². The second-order valence-corrected chi connectivity index (χ2v) is 6.76. The van der Waals surface area contributed by atoms with Crippen LogP contribution in [0.25, 0.3) is 22.0 Å². The molecule has 0 bridgehead atoms. The third-order valence-corrected chi connectivity index (χ3v) is 4.68. The van der Waals surface area contributed by atoms with Crippen molar-refractivity contribution in [2.45, 2.75) is 6.42 Å². The summed E-state index contributed by atoms with van der Waals surface area (Å²) in [5, 5.41) is 8.67. The van der Waals surface area contributed by atoms with E-state index >= 15 is 0 Å². The van der Waals surface area contributed by atoms with Gasteiger partial charge in [0.05, 0.1) is 18.1 Å². The first kappa shape index (κ1) is 17.2. The first-order valence-electron chi connectivity index (χ1n) is 8.50. The van der Waals surface area contributed by atoms with Crippen molar-refractivity contribution in [1.82, 2.24) is 14.8 Å². The summed E-state index contributed by atoms with van der Waals surface area (Å²) in [5.74, 6) is -0.112. The van der Waals surface area contributed by atoms with Crippen molar-refractivity contribution >= 4 is 34.1 Å². The Labute approximate surface area is 161 Å². The van der Waals surface area contributed by atoms with Gasteiger partial charge in [-0.15, -0.1) is 0 Å². The highest BCUT2D eigenvalue weighted by molar-refractivity contribution is 6.31. The van der Waals surface area contributed by atoms with Gasteiger partial charge in [-0.05, 0) is 35.9 Å². The first-order chi connectivity index (χ1) is 13.1. The molecule has 4 aromatic rings. The molecular formula is C21H17ClN4O. The van der Waals surface area contributed by atoms with Crippen molar-refractivity contribution in [3.63, 3.8) is 0 Å². The van der Waals surface area contributed by atoms with E-state index in [0.717, 1.165) is 33.3 Å². The molecule has 0 atom stereocenters. The van der Waals surface area contributed by atoms with Gasteiger partial charge in [-0.1, -0.05) is 29.8 Å². The Hall–Kier alpha value is -3.18. The molecule has 27 heavy (non-hydrogen) atoms. The summed E-state index contributed by atoms with van der Waals surface area (Å²) in [6.07, 6.45) is 5.80. The van der Waals surface area contributed by atoms with Crippen molar-refractivity contribution in [3.8, 4) is 11.1 Å². The number of carbonyl (C=O) groups is 1. The van der Waals surface area contributed by atoms with Crippen LogP contribution in [0.3, 0.4) is 0 Å². The number of hydrogen-bond acceptors (Lipinski definition) is 3. The predicted octanol–water partition coefficient (Wildman–Crippen LogP) is 4.47. The van der Waals surface area contributed by atoms with Crippen LogP contribution in [0.15, 0.2) is 67.1 Å². The fraction of sp³-hybridized carbons (Fsp3) is 0.0952. The number of pyridine rings is 1. The molecule has 0 aliphatic rings. The Balaban J connectivity index is 1.57. The summed E-state index contributed by atoms with van der Waals surface area (Å²) in [6.45, 7) is 0. The average molecular weight is 377 g/mol. The van der Waals surface area contributed by atoms with E-state index in [1.165, 1.54) is 0 Å². The molecule has 1 N–H and O–H groups in total. The molecule has 5 nitrogen and oxygen atoms in total. The molecular weight excluding hydrogens is 360 g/mol. The number of hydrogen-bond donors (Lipinski definition) is 1. The largest absolute Gasteiger partial charge is 0.326 e. The molecule has 0 unspecified atom stereocenters. The van der Waals surface area contributed by atoms with Crippen molar-refractivity contribution < 1.29 is 4.79 Å². The lowest BCUT2D eigenvalue weighted by molar-refractivity contribution is -0.115. The van der Waals surface area contributed by atoms with Gasteiger partial charge in [-0.25, -0.2) is 0 Å². The highest BCUT2D eigenvalue weighted by Gasteiger charge is 2.08. The molecule has 0 aliphatic heterocycles. The zero-order chi connectivity index (χ0) is 18.8. The van der Waals surface area contributed by atoms with Gasteiger partial charge in [0.2, 0.25) is 5.91 Å². The van der Waals surface area contributed by atoms with E-state index < -0.39 is 0 Å². The zero-order valence-electron chi connectivity index (χ0n) is 14.7. The van der Waals surface area contributed by atoms with Gasteiger partial charge in [0, 0.05) is 46.7 Å². The Morgan fingerprint density at radius 1 is 1.11 bits per heavy atom. The number of halogens is 1. The van der Waals surface area contributed by atoms with Crippen molar-refractivity contribution in [2.75, 3.05) is 5.32 Å². The Morgan fingerprint density at radius 3 is 2.74 bits per heavy atom. The topological polar surface area (TPSA) is 59.8 Å². The van der Waals surface area contributed by atoms with Crippen LogP contribution in [0.1, 0.15) is 5.56 Å². The number of anilines is 1. The molecule has 0 spiro atoms. The number of aromatic nitrogens is 3. The Bertz CT molecular complexity index is 1140. The van der Waals surface area contributed by atoms with Crippen LogP contribution in [-0.2, 0) is 18.3 Å². The minimum absolute atomic E-state index is 0.112. The second kappa shape index (κ2) is 7.21. The molecule has 4 rings (SSSR count). The summed E-state index contributed by atoms with van der Waals surface area (Å²) in [5.41, 5.74) is 4.38. The number of rotatable bonds is 4. The lowest BCUT2D eigenvalue weighted by Crippen LogP contribution is -2.14. The van der Waals surface area contributed by atoms with E-state index in [1.54, 1.807) is 16.9 Å². The van der Waals surface area contributed by atoms with Crippen molar-refractivity contribution in [1.29, 1.82) is 0 Å². The SMILES string of the molecule is Cn1cc(-c2cnc3ccc(NC(=O)Cc4ccccc4Cl)cc3c2)cn1. The van der Waals surface area contributed by atoms with Gasteiger partial charge in [-0.3, -0.25) is 14.5 Å². The maximum atomic E-state index is 12.4. The van der Waals surface area contributed by atoms with Crippen LogP contribution < -0.4 is 5.32 Å². The Kier molecular flexibility index (Phi) is 4.60. The number of aryl methyl sites for hydroxylation is 1. The molecule has 1 amide bonds. The quantitative estimate of drug-likeness (QED) is 0.571. The van der Waals surface area contributed by atoms with Crippen molar-refractivity contribution in [3.05, 3.63) is 77.7 Å². The monoisotopic (exact) mass is 376 g/mol. The number of fused-ring (bicyclic) bond motifs is 1. The summed E-state index contributed by atoms with van der Waals surface area (Å²) in [6, 6.07) is 15.1. The molecule has 0 aliphatic carbocycles. The lowest BCUT2D eigenvalue weighted by Gasteiger charge is -2.08. The second-order valence-electron chi connectivity index (χ2n) is 6.35. The van der Waals surface area contributed by atoms with E-state index in [1.807, 2.05) is 61.9 Å². The molecule has 6 heteroatoms. The van der Waals surface area contributed by atoms with Crippen LogP contribution in [0.2, 0.25) is 5.02 Å². The molecule has 0 saturated heterocycles. The van der Waals surface area contributed by atoms with E-state index in [0.29, 0.717) is 5.02 Å². The molecule has 2 aromatic heterocycles. The van der Waals surface area contributed by atoms with E-state index in [9.17, 15) is 4.79 Å². The third kappa shape index (κ3) is 3.83. The van der Waals surface area contributed by atoms with E-state index in [-0.39, 0.29) is 12.3 Å². The number of benzene rings is 2. The van der Waals surface area contributed by atoms with Gasteiger partial charge in [0.15, 0.2) is 0 Å². The molecule has 2 heterocycles. The summed E-state index contributed by atoms with van der Waals surface area (Å²) < 4.78 is 1.75. The lowest BCUT2D eigenvalue weighted by atomic mass is 10.1. The maximum absolute atomic E-state index is 12.4. The number of nitrogens with one attached hydrogen (secondary N) is 1.